The van der Waals surface area contributed by atoms with E-state index in [1.54, 1.807) is 6.33 Å². The number of rotatable bonds is 4. The molecule has 6 heteroatoms. The second-order valence-electron chi connectivity index (χ2n) is 5.78. The third-order valence-corrected chi connectivity index (χ3v) is 4.48. The number of aromatic nitrogens is 4. The van der Waals surface area contributed by atoms with Crippen LogP contribution < -0.4 is 5.32 Å². The van der Waals surface area contributed by atoms with Crippen molar-refractivity contribution >= 4 is 5.82 Å². The first-order chi connectivity index (χ1) is 10.3. The van der Waals surface area contributed by atoms with E-state index in [4.69, 9.17) is 5.26 Å². The second-order valence-corrected chi connectivity index (χ2v) is 5.78. The fourth-order valence-electron chi connectivity index (χ4n) is 3.09. The van der Waals surface area contributed by atoms with Crippen molar-refractivity contribution in [1.82, 2.24) is 19.7 Å². The van der Waals surface area contributed by atoms with Gasteiger partial charge in [-0.3, -0.25) is 4.68 Å². The van der Waals surface area contributed by atoms with Crippen LogP contribution >= 0.6 is 0 Å². The lowest BCUT2D eigenvalue weighted by Crippen LogP contribution is -2.17. The van der Waals surface area contributed by atoms with Gasteiger partial charge in [0.05, 0.1) is 23.5 Å². The maximum Gasteiger partial charge on any atom is 0.133 e. The van der Waals surface area contributed by atoms with Gasteiger partial charge in [-0.1, -0.05) is 0 Å². The first-order valence-electron chi connectivity index (χ1n) is 7.33. The number of nitrogens with zero attached hydrogens (tertiary/aromatic N) is 5. The molecule has 2 aromatic rings. The van der Waals surface area contributed by atoms with Crippen LogP contribution in [-0.2, 0) is 12.0 Å². The summed E-state index contributed by atoms with van der Waals surface area (Å²) >= 11 is 0. The standard InChI is InChI=1S/C15H16N6/c16-6-1-3-15(4-5-15)21-9-11(8-20-21)13-12-2-7-17-14(12)19-10-18-13/h8-10H,1-5,7H2,(H,17,18,19). The monoisotopic (exact) mass is 280 g/mol. The Kier molecular flexibility index (Phi) is 2.67. The Morgan fingerprint density at radius 1 is 1.38 bits per heavy atom. The van der Waals surface area contributed by atoms with Gasteiger partial charge in [0.15, 0.2) is 0 Å². The van der Waals surface area contributed by atoms with Crippen LogP contribution in [0.5, 0.6) is 0 Å². The Balaban J connectivity index is 1.67. The Morgan fingerprint density at radius 2 is 2.29 bits per heavy atom. The van der Waals surface area contributed by atoms with Gasteiger partial charge in [-0.25, -0.2) is 9.97 Å². The molecular formula is C15H16N6. The van der Waals surface area contributed by atoms with Crippen LogP contribution in [0.25, 0.3) is 11.3 Å². The van der Waals surface area contributed by atoms with Crippen molar-refractivity contribution in [1.29, 1.82) is 5.26 Å². The quantitative estimate of drug-likeness (QED) is 0.927. The highest BCUT2D eigenvalue weighted by Crippen LogP contribution is 2.47. The first-order valence-corrected chi connectivity index (χ1v) is 7.33. The van der Waals surface area contributed by atoms with Gasteiger partial charge in [-0.15, -0.1) is 0 Å². The molecule has 106 valence electrons. The minimum Gasteiger partial charge on any atom is -0.369 e. The highest BCUT2D eigenvalue weighted by Gasteiger charge is 2.44. The van der Waals surface area contributed by atoms with E-state index in [0.29, 0.717) is 6.42 Å². The average Bonchev–Trinajstić information content (AvgIpc) is 2.93. The van der Waals surface area contributed by atoms with Crippen molar-refractivity contribution in [3.05, 3.63) is 24.3 Å². The molecule has 4 rings (SSSR count). The molecule has 0 radical (unpaired) electrons. The van der Waals surface area contributed by atoms with Gasteiger partial charge in [0, 0.05) is 30.3 Å². The SMILES string of the molecule is N#CCCC1(n2cc(-c3ncnc4c3CCN4)cn2)CC1. The predicted octanol–water partition coefficient (Wildman–Crippen LogP) is 2.10. The lowest BCUT2D eigenvalue weighted by molar-refractivity contribution is 0.406. The van der Waals surface area contributed by atoms with Crippen LogP contribution in [-0.4, -0.2) is 26.3 Å². The minimum atomic E-state index is 0.0719. The van der Waals surface area contributed by atoms with Crippen molar-refractivity contribution in [2.24, 2.45) is 0 Å². The Morgan fingerprint density at radius 3 is 3.10 bits per heavy atom. The summed E-state index contributed by atoms with van der Waals surface area (Å²) in [5.41, 5.74) is 3.27. The fraction of sp³-hybridized carbons (Fsp3) is 0.467. The normalized spacial score (nSPS) is 17.9. The van der Waals surface area contributed by atoms with Crippen molar-refractivity contribution < 1.29 is 0 Å². The maximum atomic E-state index is 8.79. The highest BCUT2D eigenvalue weighted by molar-refractivity contribution is 5.69. The van der Waals surface area contributed by atoms with Gasteiger partial charge in [0.25, 0.3) is 0 Å². The Labute approximate surface area is 122 Å². The van der Waals surface area contributed by atoms with Crippen molar-refractivity contribution in [3.8, 4) is 17.3 Å². The van der Waals surface area contributed by atoms with E-state index < -0.39 is 0 Å². The average molecular weight is 280 g/mol. The van der Waals surface area contributed by atoms with E-state index in [9.17, 15) is 0 Å². The van der Waals surface area contributed by atoms with E-state index in [2.05, 4.69) is 32.6 Å². The number of hydrogen-bond acceptors (Lipinski definition) is 5. The van der Waals surface area contributed by atoms with Crippen LogP contribution in [0.1, 0.15) is 31.2 Å². The lowest BCUT2D eigenvalue weighted by atomic mass is 10.1. The summed E-state index contributed by atoms with van der Waals surface area (Å²) in [6.45, 7) is 0.918. The summed E-state index contributed by atoms with van der Waals surface area (Å²) in [5, 5.41) is 16.6. The second kappa shape index (κ2) is 4.55. The summed E-state index contributed by atoms with van der Waals surface area (Å²) < 4.78 is 2.04. The molecular weight excluding hydrogens is 264 g/mol. The van der Waals surface area contributed by atoms with E-state index in [-0.39, 0.29) is 5.54 Å². The molecule has 0 bridgehead atoms. The summed E-state index contributed by atoms with van der Waals surface area (Å²) in [7, 11) is 0. The van der Waals surface area contributed by atoms with Gasteiger partial charge < -0.3 is 5.32 Å². The number of hydrogen-bond donors (Lipinski definition) is 1. The third-order valence-electron chi connectivity index (χ3n) is 4.48. The van der Waals surface area contributed by atoms with E-state index in [1.807, 2.05) is 10.9 Å². The number of anilines is 1. The zero-order chi connectivity index (χ0) is 14.3. The van der Waals surface area contributed by atoms with Crippen LogP contribution in [0.4, 0.5) is 5.82 Å². The molecule has 0 spiro atoms. The summed E-state index contributed by atoms with van der Waals surface area (Å²) in [4.78, 5) is 8.71. The van der Waals surface area contributed by atoms with E-state index in [0.717, 1.165) is 49.3 Å². The number of nitriles is 1. The van der Waals surface area contributed by atoms with Crippen molar-refractivity contribution in [3.63, 3.8) is 0 Å². The smallest absolute Gasteiger partial charge is 0.133 e. The highest BCUT2D eigenvalue weighted by atomic mass is 15.3. The summed E-state index contributed by atoms with van der Waals surface area (Å²) in [6, 6.07) is 2.24. The molecule has 2 aromatic heterocycles. The molecule has 0 atom stereocenters. The van der Waals surface area contributed by atoms with Crippen LogP contribution in [0.15, 0.2) is 18.7 Å². The molecule has 1 fully saturated rings. The molecule has 0 unspecified atom stereocenters. The van der Waals surface area contributed by atoms with Gasteiger partial charge in [-0.2, -0.15) is 10.4 Å². The van der Waals surface area contributed by atoms with E-state index in [1.165, 1.54) is 5.56 Å². The van der Waals surface area contributed by atoms with E-state index >= 15 is 0 Å². The van der Waals surface area contributed by atoms with Gasteiger partial charge >= 0.3 is 0 Å². The van der Waals surface area contributed by atoms with Crippen LogP contribution in [0, 0.1) is 11.3 Å². The molecule has 0 aromatic carbocycles. The first kappa shape index (κ1) is 12.3. The maximum absolute atomic E-state index is 8.79. The molecule has 1 aliphatic heterocycles. The molecule has 0 saturated heterocycles. The zero-order valence-corrected chi connectivity index (χ0v) is 11.7. The summed E-state index contributed by atoms with van der Waals surface area (Å²) in [5.74, 6) is 0.943. The minimum absolute atomic E-state index is 0.0719. The topological polar surface area (TPSA) is 79.4 Å². The molecule has 0 amide bonds. The molecule has 2 aliphatic rings. The van der Waals surface area contributed by atoms with Crippen LogP contribution in [0.3, 0.4) is 0 Å². The summed E-state index contributed by atoms with van der Waals surface area (Å²) in [6.07, 6.45) is 10.2. The third kappa shape index (κ3) is 1.97. The molecule has 3 heterocycles. The molecule has 6 nitrogen and oxygen atoms in total. The molecule has 1 N–H and O–H groups in total. The van der Waals surface area contributed by atoms with Gasteiger partial charge in [-0.05, 0) is 25.7 Å². The largest absolute Gasteiger partial charge is 0.369 e. The van der Waals surface area contributed by atoms with Gasteiger partial charge in [0.2, 0.25) is 0 Å². The molecule has 1 saturated carbocycles. The van der Waals surface area contributed by atoms with Gasteiger partial charge in [0.1, 0.15) is 12.1 Å². The van der Waals surface area contributed by atoms with Crippen LogP contribution in [0.2, 0.25) is 0 Å². The predicted molar refractivity (Wildman–Crippen MR) is 77.5 cm³/mol. The lowest BCUT2D eigenvalue weighted by Gasteiger charge is -2.13. The van der Waals surface area contributed by atoms with Crippen molar-refractivity contribution in [2.75, 3.05) is 11.9 Å². The number of nitrogens with one attached hydrogen (secondary N) is 1. The zero-order valence-electron chi connectivity index (χ0n) is 11.7. The number of fused-ring (bicyclic) bond motifs is 1. The molecule has 21 heavy (non-hydrogen) atoms. The Hall–Kier alpha value is -2.42. The fourth-order valence-corrected chi connectivity index (χ4v) is 3.09. The molecule has 1 aliphatic carbocycles. The van der Waals surface area contributed by atoms with Crippen molar-refractivity contribution in [2.45, 2.75) is 37.6 Å². The Bertz CT molecular complexity index is 722.